The molecule has 0 bridgehead atoms. The highest BCUT2D eigenvalue weighted by Crippen LogP contribution is 2.24. The van der Waals surface area contributed by atoms with Crippen LogP contribution in [0.1, 0.15) is 5.56 Å². The predicted octanol–water partition coefficient (Wildman–Crippen LogP) is 2.06. The van der Waals surface area contributed by atoms with Gasteiger partial charge in [-0.1, -0.05) is 0 Å². The minimum Gasteiger partial charge on any atom is -0.497 e. The molecular formula is C11H15F2NO2. The fraction of sp³-hybridized carbons (Fsp3) is 0.455. The van der Waals surface area contributed by atoms with E-state index >= 15 is 0 Å². The van der Waals surface area contributed by atoms with Crippen molar-refractivity contribution < 1.29 is 18.3 Å². The van der Waals surface area contributed by atoms with Crippen LogP contribution in [0, 0.1) is 0 Å². The molecular weight excluding hydrogens is 216 g/mol. The van der Waals surface area contributed by atoms with Gasteiger partial charge in [0.1, 0.15) is 18.1 Å². The third-order valence-corrected chi connectivity index (χ3v) is 2.00. The molecule has 0 atom stereocenters. The van der Waals surface area contributed by atoms with Crippen molar-refractivity contribution in [1.29, 1.82) is 0 Å². The smallest absolute Gasteiger partial charge is 0.272 e. The first-order valence-electron chi connectivity index (χ1n) is 4.89. The maximum Gasteiger partial charge on any atom is 0.272 e. The lowest BCUT2D eigenvalue weighted by Gasteiger charge is -2.12. The quantitative estimate of drug-likeness (QED) is 0.812. The van der Waals surface area contributed by atoms with E-state index in [1.807, 2.05) is 0 Å². The Morgan fingerprint density at radius 2 is 2.12 bits per heavy atom. The number of hydrogen-bond donors (Lipinski definition) is 1. The first-order chi connectivity index (χ1) is 7.67. The largest absolute Gasteiger partial charge is 0.497 e. The average molecular weight is 231 g/mol. The maximum atomic E-state index is 12.0. The first-order valence-corrected chi connectivity index (χ1v) is 4.89. The molecule has 0 spiro atoms. The van der Waals surface area contributed by atoms with E-state index in [0.29, 0.717) is 18.0 Å². The van der Waals surface area contributed by atoms with Crippen LogP contribution in [0.4, 0.5) is 8.78 Å². The highest BCUT2D eigenvalue weighted by Gasteiger charge is 2.08. The molecule has 3 nitrogen and oxygen atoms in total. The van der Waals surface area contributed by atoms with E-state index in [-0.39, 0.29) is 0 Å². The Hall–Kier alpha value is -1.36. The van der Waals surface area contributed by atoms with Crippen LogP contribution in [0.15, 0.2) is 18.2 Å². The van der Waals surface area contributed by atoms with Gasteiger partial charge in [0.05, 0.1) is 7.11 Å². The van der Waals surface area contributed by atoms with Crippen LogP contribution >= 0.6 is 0 Å². The molecule has 1 rings (SSSR count). The van der Waals surface area contributed by atoms with Crippen LogP contribution in [0.25, 0.3) is 0 Å². The molecule has 16 heavy (non-hydrogen) atoms. The van der Waals surface area contributed by atoms with Crippen LogP contribution < -0.4 is 14.8 Å². The minimum absolute atomic E-state index is 0.454. The van der Waals surface area contributed by atoms with Crippen LogP contribution in [-0.4, -0.2) is 27.2 Å². The van der Waals surface area contributed by atoms with Gasteiger partial charge in [0, 0.05) is 12.1 Å². The second-order valence-corrected chi connectivity index (χ2v) is 3.21. The number of benzene rings is 1. The lowest BCUT2D eigenvalue weighted by Crippen LogP contribution is -2.11. The Morgan fingerprint density at radius 1 is 1.38 bits per heavy atom. The second-order valence-electron chi connectivity index (χ2n) is 3.21. The van der Waals surface area contributed by atoms with E-state index in [1.54, 1.807) is 32.4 Å². The standard InChI is InChI=1S/C11H15F2NO2/c1-14-6-8-5-9(15-2)3-4-10(8)16-7-11(12)13/h3-5,11,14H,6-7H2,1-2H3. The third-order valence-electron chi connectivity index (χ3n) is 2.00. The molecule has 0 fully saturated rings. The summed E-state index contributed by atoms with van der Waals surface area (Å²) in [6.45, 7) is -0.0567. The van der Waals surface area contributed by atoms with Gasteiger partial charge >= 0.3 is 0 Å². The minimum atomic E-state index is -2.47. The Kier molecular flexibility index (Phi) is 4.98. The maximum absolute atomic E-state index is 12.0. The molecule has 0 aliphatic rings. The summed E-state index contributed by atoms with van der Waals surface area (Å²) in [4.78, 5) is 0. The normalized spacial score (nSPS) is 10.6. The van der Waals surface area contributed by atoms with E-state index in [0.717, 1.165) is 5.56 Å². The number of ether oxygens (including phenoxy) is 2. The summed E-state index contributed by atoms with van der Waals surface area (Å²) in [6, 6.07) is 5.07. The van der Waals surface area contributed by atoms with Gasteiger partial charge in [-0.3, -0.25) is 0 Å². The van der Waals surface area contributed by atoms with Gasteiger partial charge in [0.2, 0.25) is 0 Å². The van der Waals surface area contributed by atoms with Crippen LogP contribution in [-0.2, 0) is 6.54 Å². The third kappa shape index (κ3) is 3.66. The zero-order valence-corrected chi connectivity index (χ0v) is 9.30. The monoisotopic (exact) mass is 231 g/mol. The molecule has 0 aromatic heterocycles. The van der Waals surface area contributed by atoms with Crippen molar-refractivity contribution in [3.63, 3.8) is 0 Å². The molecule has 5 heteroatoms. The van der Waals surface area contributed by atoms with Crippen LogP contribution in [0.5, 0.6) is 11.5 Å². The Bertz CT molecular complexity index is 332. The predicted molar refractivity (Wildman–Crippen MR) is 57.3 cm³/mol. The highest BCUT2D eigenvalue weighted by molar-refractivity contribution is 5.40. The molecule has 90 valence electrons. The van der Waals surface area contributed by atoms with Crippen molar-refractivity contribution in [2.75, 3.05) is 20.8 Å². The molecule has 0 saturated heterocycles. The zero-order chi connectivity index (χ0) is 12.0. The van der Waals surface area contributed by atoms with Crippen LogP contribution in [0.2, 0.25) is 0 Å². The molecule has 0 radical (unpaired) electrons. The van der Waals surface area contributed by atoms with Gasteiger partial charge in [-0.05, 0) is 25.2 Å². The Morgan fingerprint density at radius 3 is 2.69 bits per heavy atom. The van der Waals surface area contributed by atoms with Crippen molar-refractivity contribution in [2.24, 2.45) is 0 Å². The van der Waals surface area contributed by atoms with E-state index in [1.165, 1.54) is 0 Å². The van der Waals surface area contributed by atoms with Gasteiger partial charge < -0.3 is 14.8 Å². The molecule has 0 amide bonds. The average Bonchev–Trinajstić information content (AvgIpc) is 2.27. The summed E-state index contributed by atoms with van der Waals surface area (Å²) >= 11 is 0. The zero-order valence-electron chi connectivity index (χ0n) is 9.30. The molecule has 0 unspecified atom stereocenters. The summed E-state index contributed by atoms with van der Waals surface area (Å²) in [7, 11) is 3.33. The summed E-state index contributed by atoms with van der Waals surface area (Å²) in [5.41, 5.74) is 0.794. The fourth-order valence-corrected chi connectivity index (χ4v) is 1.30. The lowest BCUT2D eigenvalue weighted by molar-refractivity contribution is 0.0813. The fourth-order valence-electron chi connectivity index (χ4n) is 1.30. The molecule has 0 heterocycles. The molecule has 0 saturated carbocycles. The van der Waals surface area contributed by atoms with E-state index in [2.05, 4.69) is 5.32 Å². The molecule has 0 aliphatic heterocycles. The Balaban J connectivity index is 2.80. The van der Waals surface area contributed by atoms with E-state index < -0.39 is 13.0 Å². The van der Waals surface area contributed by atoms with Crippen molar-refractivity contribution >= 4 is 0 Å². The SMILES string of the molecule is CNCc1cc(OC)ccc1OCC(F)F. The number of alkyl halides is 2. The second kappa shape index (κ2) is 6.27. The number of hydrogen-bond acceptors (Lipinski definition) is 3. The Labute approximate surface area is 93.4 Å². The van der Waals surface area contributed by atoms with E-state index in [4.69, 9.17) is 9.47 Å². The highest BCUT2D eigenvalue weighted by atomic mass is 19.3. The number of nitrogens with one attached hydrogen (secondary N) is 1. The van der Waals surface area contributed by atoms with Crippen molar-refractivity contribution in [3.8, 4) is 11.5 Å². The van der Waals surface area contributed by atoms with Gasteiger partial charge in [-0.15, -0.1) is 0 Å². The molecule has 1 N–H and O–H groups in total. The first kappa shape index (κ1) is 12.7. The lowest BCUT2D eigenvalue weighted by atomic mass is 10.2. The van der Waals surface area contributed by atoms with Gasteiger partial charge in [-0.2, -0.15) is 0 Å². The molecule has 1 aromatic carbocycles. The summed E-state index contributed by atoms with van der Waals surface area (Å²) < 4.78 is 34.1. The number of halogens is 2. The van der Waals surface area contributed by atoms with Crippen molar-refractivity contribution in [2.45, 2.75) is 13.0 Å². The summed E-state index contributed by atoms with van der Waals surface area (Å²) in [5, 5.41) is 2.94. The summed E-state index contributed by atoms with van der Waals surface area (Å²) in [5.74, 6) is 1.13. The van der Waals surface area contributed by atoms with Gasteiger partial charge in [0.15, 0.2) is 0 Å². The molecule has 1 aromatic rings. The van der Waals surface area contributed by atoms with Crippen LogP contribution in [0.3, 0.4) is 0 Å². The van der Waals surface area contributed by atoms with E-state index in [9.17, 15) is 8.78 Å². The topological polar surface area (TPSA) is 30.5 Å². The number of methoxy groups -OCH3 is 1. The number of rotatable bonds is 6. The summed E-state index contributed by atoms with van der Waals surface area (Å²) in [6.07, 6.45) is -2.47. The van der Waals surface area contributed by atoms with Gasteiger partial charge in [0.25, 0.3) is 6.43 Å². The van der Waals surface area contributed by atoms with Gasteiger partial charge in [-0.25, -0.2) is 8.78 Å². The molecule has 0 aliphatic carbocycles. The van der Waals surface area contributed by atoms with Crippen molar-refractivity contribution in [1.82, 2.24) is 5.32 Å². The van der Waals surface area contributed by atoms with Crippen molar-refractivity contribution in [3.05, 3.63) is 23.8 Å².